The SMILES string of the molecule is COc1ccccc1C1=C(Sc2ccc(Cl)cc2)C(=O)N(CC(C)C)C1=O. The Kier molecular flexibility index (Phi) is 5.92. The van der Waals surface area contributed by atoms with Crippen LogP contribution in [0.4, 0.5) is 0 Å². The number of benzene rings is 2. The van der Waals surface area contributed by atoms with Gasteiger partial charge in [0.05, 0.1) is 17.6 Å². The number of methoxy groups -OCH3 is 1. The Balaban J connectivity index is 2.10. The summed E-state index contributed by atoms with van der Waals surface area (Å²) in [5.74, 6) is 0.190. The summed E-state index contributed by atoms with van der Waals surface area (Å²) >= 11 is 7.24. The van der Waals surface area contributed by atoms with Crippen LogP contribution in [-0.2, 0) is 9.59 Å². The number of rotatable bonds is 6. The molecule has 0 bridgehead atoms. The molecule has 1 aliphatic rings. The Morgan fingerprint density at radius 3 is 2.33 bits per heavy atom. The maximum absolute atomic E-state index is 13.1. The van der Waals surface area contributed by atoms with E-state index in [1.807, 2.05) is 38.1 Å². The van der Waals surface area contributed by atoms with Gasteiger partial charge in [-0.3, -0.25) is 14.5 Å². The average Bonchev–Trinajstić information content (AvgIpc) is 2.87. The Morgan fingerprint density at radius 2 is 1.70 bits per heavy atom. The van der Waals surface area contributed by atoms with Crippen molar-refractivity contribution in [2.24, 2.45) is 5.92 Å². The lowest BCUT2D eigenvalue weighted by molar-refractivity contribution is -0.137. The van der Waals surface area contributed by atoms with Gasteiger partial charge in [-0.25, -0.2) is 0 Å². The first-order valence-electron chi connectivity index (χ1n) is 8.59. The first-order chi connectivity index (χ1) is 12.9. The molecular formula is C21H20ClNO3S. The van der Waals surface area contributed by atoms with Crippen LogP contribution in [0.1, 0.15) is 19.4 Å². The lowest BCUT2D eigenvalue weighted by Gasteiger charge is -2.17. The zero-order valence-corrected chi connectivity index (χ0v) is 16.9. The van der Waals surface area contributed by atoms with Crippen LogP contribution in [0.2, 0.25) is 5.02 Å². The molecule has 0 fully saturated rings. The van der Waals surface area contributed by atoms with E-state index in [9.17, 15) is 9.59 Å². The number of imide groups is 1. The highest BCUT2D eigenvalue weighted by Gasteiger charge is 2.40. The van der Waals surface area contributed by atoms with Gasteiger partial charge in [0.15, 0.2) is 0 Å². The number of carbonyl (C=O) groups is 2. The van der Waals surface area contributed by atoms with Gasteiger partial charge in [0.25, 0.3) is 11.8 Å². The standard InChI is InChI=1S/C21H20ClNO3S/c1-13(2)12-23-20(24)18(16-6-4-5-7-17(16)26-3)19(21(23)25)27-15-10-8-14(22)9-11-15/h4-11,13H,12H2,1-3H3. The molecule has 2 amide bonds. The van der Waals surface area contributed by atoms with Crippen molar-refractivity contribution in [2.75, 3.05) is 13.7 Å². The molecule has 140 valence electrons. The summed E-state index contributed by atoms with van der Waals surface area (Å²) in [5.41, 5.74) is 1.01. The van der Waals surface area contributed by atoms with E-state index in [4.69, 9.17) is 16.3 Å². The van der Waals surface area contributed by atoms with Crippen molar-refractivity contribution in [1.82, 2.24) is 4.90 Å². The number of halogens is 1. The van der Waals surface area contributed by atoms with E-state index in [2.05, 4.69) is 0 Å². The van der Waals surface area contributed by atoms with Crippen molar-refractivity contribution in [2.45, 2.75) is 18.7 Å². The van der Waals surface area contributed by atoms with E-state index in [1.54, 1.807) is 31.4 Å². The van der Waals surface area contributed by atoms with Gasteiger partial charge in [0.2, 0.25) is 0 Å². The minimum atomic E-state index is -0.283. The molecule has 0 aromatic heterocycles. The normalized spacial score (nSPS) is 14.5. The molecule has 0 spiro atoms. The van der Waals surface area contributed by atoms with Crippen LogP contribution in [0.5, 0.6) is 5.75 Å². The quantitative estimate of drug-likeness (QED) is 0.647. The fraction of sp³-hybridized carbons (Fsp3) is 0.238. The third-order valence-corrected chi connectivity index (χ3v) is 5.43. The highest BCUT2D eigenvalue weighted by Crippen LogP contribution is 2.42. The summed E-state index contributed by atoms with van der Waals surface area (Å²) in [6.45, 7) is 4.34. The van der Waals surface area contributed by atoms with Crippen LogP contribution < -0.4 is 4.74 Å². The Bertz CT molecular complexity index is 906. The second kappa shape index (κ2) is 8.19. The van der Waals surface area contributed by atoms with E-state index >= 15 is 0 Å². The average molecular weight is 402 g/mol. The van der Waals surface area contributed by atoms with Gasteiger partial charge in [-0.1, -0.05) is 55.4 Å². The maximum atomic E-state index is 13.1. The van der Waals surface area contributed by atoms with E-state index in [0.717, 1.165) is 4.90 Å². The lowest BCUT2D eigenvalue weighted by Crippen LogP contribution is -2.34. The number of amides is 2. The van der Waals surface area contributed by atoms with Gasteiger partial charge in [0.1, 0.15) is 5.75 Å². The van der Waals surface area contributed by atoms with Gasteiger partial charge >= 0.3 is 0 Å². The van der Waals surface area contributed by atoms with Crippen LogP contribution in [0.25, 0.3) is 5.57 Å². The summed E-state index contributed by atoms with van der Waals surface area (Å²) < 4.78 is 5.43. The van der Waals surface area contributed by atoms with Crippen molar-refractivity contribution in [3.63, 3.8) is 0 Å². The van der Waals surface area contributed by atoms with E-state index in [0.29, 0.717) is 33.4 Å². The smallest absolute Gasteiger partial charge is 0.268 e. The fourth-order valence-corrected chi connectivity index (χ4v) is 4.02. The van der Waals surface area contributed by atoms with Gasteiger partial charge in [-0.05, 0) is 36.2 Å². The first kappa shape index (κ1) is 19.5. The van der Waals surface area contributed by atoms with Crippen LogP contribution in [0.3, 0.4) is 0 Å². The molecule has 1 heterocycles. The molecule has 27 heavy (non-hydrogen) atoms. The van der Waals surface area contributed by atoms with Gasteiger partial charge in [-0.15, -0.1) is 0 Å². The Hall–Kier alpha value is -2.24. The lowest BCUT2D eigenvalue weighted by atomic mass is 10.0. The minimum absolute atomic E-state index is 0.178. The first-order valence-corrected chi connectivity index (χ1v) is 9.79. The second-order valence-electron chi connectivity index (χ2n) is 6.58. The third kappa shape index (κ3) is 4.04. The summed E-state index contributed by atoms with van der Waals surface area (Å²) in [4.78, 5) is 28.8. The number of nitrogens with zero attached hydrogens (tertiary/aromatic N) is 1. The van der Waals surface area contributed by atoms with Crippen molar-refractivity contribution >= 4 is 40.8 Å². The molecule has 2 aromatic rings. The molecule has 0 atom stereocenters. The monoisotopic (exact) mass is 401 g/mol. The molecule has 0 radical (unpaired) electrons. The van der Waals surface area contributed by atoms with Crippen molar-refractivity contribution in [3.05, 3.63) is 64.0 Å². The van der Waals surface area contributed by atoms with Crippen LogP contribution >= 0.6 is 23.4 Å². The number of para-hydroxylation sites is 1. The minimum Gasteiger partial charge on any atom is -0.496 e. The summed E-state index contributed by atoms with van der Waals surface area (Å²) in [6.07, 6.45) is 0. The molecule has 0 saturated carbocycles. The fourth-order valence-electron chi connectivity index (χ4n) is 2.89. The number of ether oxygens (including phenoxy) is 1. The molecule has 4 nitrogen and oxygen atoms in total. The predicted molar refractivity (Wildman–Crippen MR) is 109 cm³/mol. The van der Waals surface area contributed by atoms with Crippen LogP contribution in [-0.4, -0.2) is 30.4 Å². The predicted octanol–water partition coefficient (Wildman–Crippen LogP) is 4.88. The summed E-state index contributed by atoms with van der Waals surface area (Å²) in [5, 5.41) is 0.619. The zero-order chi connectivity index (χ0) is 19.6. The number of hydrogen-bond donors (Lipinski definition) is 0. The molecule has 0 unspecified atom stereocenters. The Labute approximate surface area is 168 Å². The van der Waals surface area contributed by atoms with E-state index < -0.39 is 0 Å². The zero-order valence-electron chi connectivity index (χ0n) is 15.4. The summed E-state index contributed by atoms with van der Waals surface area (Å²) in [7, 11) is 1.55. The molecule has 6 heteroatoms. The summed E-state index contributed by atoms with van der Waals surface area (Å²) in [6, 6.07) is 14.5. The van der Waals surface area contributed by atoms with Crippen molar-refractivity contribution in [3.8, 4) is 5.75 Å². The van der Waals surface area contributed by atoms with Gasteiger partial charge in [-0.2, -0.15) is 0 Å². The molecule has 1 aliphatic heterocycles. The van der Waals surface area contributed by atoms with Gasteiger partial charge < -0.3 is 4.74 Å². The van der Waals surface area contributed by atoms with Crippen molar-refractivity contribution in [1.29, 1.82) is 0 Å². The maximum Gasteiger partial charge on any atom is 0.268 e. The Morgan fingerprint density at radius 1 is 1.04 bits per heavy atom. The molecule has 0 N–H and O–H groups in total. The van der Waals surface area contributed by atoms with Gasteiger partial charge in [0, 0.05) is 22.0 Å². The molecule has 3 rings (SSSR count). The molecular weight excluding hydrogens is 382 g/mol. The molecule has 2 aromatic carbocycles. The van der Waals surface area contributed by atoms with E-state index in [1.165, 1.54) is 16.7 Å². The number of carbonyl (C=O) groups excluding carboxylic acids is 2. The van der Waals surface area contributed by atoms with Crippen LogP contribution in [0, 0.1) is 5.92 Å². The van der Waals surface area contributed by atoms with E-state index in [-0.39, 0.29) is 17.7 Å². The van der Waals surface area contributed by atoms with Crippen molar-refractivity contribution < 1.29 is 14.3 Å². The topological polar surface area (TPSA) is 46.6 Å². The highest BCUT2D eigenvalue weighted by atomic mass is 35.5. The second-order valence-corrected chi connectivity index (χ2v) is 8.10. The number of hydrogen-bond acceptors (Lipinski definition) is 4. The largest absolute Gasteiger partial charge is 0.496 e. The molecule has 0 aliphatic carbocycles. The number of thioether (sulfide) groups is 1. The third-order valence-electron chi connectivity index (χ3n) is 4.08. The molecule has 0 saturated heterocycles. The highest BCUT2D eigenvalue weighted by molar-refractivity contribution is 8.04. The van der Waals surface area contributed by atoms with Crippen LogP contribution in [0.15, 0.2) is 58.3 Å².